The van der Waals surface area contributed by atoms with Gasteiger partial charge in [-0.2, -0.15) is 4.31 Å². The quantitative estimate of drug-likeness (QED) is 0.756. The number of sulfonamides is 1. The van der Waals surface area contributed by atoms with Crippen molar-refractivity contribution in [2.24, 2.45) is 5.92 Å². The normalized spacial score (nSPS) is 20.8. The summed E-state index contributed by atoms with van der Waals surface area (Å²) in [5, 5.41) is 0.138. The van der Waals surface area contributed by atoms with E-state index in [4.69, 9.17) is 23.2 Å². The first-order valence-corrected chi connectivity index (χ1v) is 9.43. The van der Waals surface area contributed by atoms with Gasteiger partial charge in [-0.1, -0.05) is 46.1 Å². The minimum absolute atomic E-state index is 0.0688. The van der Waals surface area contributed by atoms with Crippen LogP contribution in [-0.4, -0.2) is 31.6 Å². The number of benzene rings is 1. The summed E-state index contributed by atoms with van der Waals surface area (Å²) in [5.41, 5.74) is 0. The van der Waals surface area contributed by atoms with Crippen molar-refractivity contribution in [3.05, 3.63) is 26.7 Å². The molecule has 0 radical (unpaired) electrons. The first-order chi connectivity index (χ1) is 9.77. The fourth-order valence-corrected chi connectivity index (χ4v) is 5.73. The van der Waals surface area contributed by atoms with Crippen molar-refractivity contribution >= 4 is 54.9 Å². The fourth-order valence-electron chi connectivity index (χ4n) is 2.36. The van der Waals surface area contributed by atoms with E-state index in [1.165, 1.54) is 16.4 Å². The molecule has 1 heterocycles. The number of hydrogen-bond donors (Lipinski definition) is 0. The second kappa shape index (κ2) is 6.54. The minimum Gasteiger partial charge on any atom is -0.299 e. The summed E-state index contributed by atoms with van der Waals surface area (Å²) in [5.74, 6) is -0.154. The van der Waals surface area contributed by atoms with Crippen LogP contribution in [0.5, 0.6) is 0 Å². The molecule has 1 atom stereocenters. The average Bonchev–Trinajstić information content (AvgIpc) is 2.37. The molecule has 1 unspecified atom stereocenters. The summed E-state index contributed by atoms with van der Waals surface area (Å²) in [6, 6.07) is 2.99. The Morgan fingerprint density at radius 1 is 1.33 bits per heavy atom. The second-order valence-electron chi connectivity index (χ2n) is 4.88. The van der Waals surface area contributed by atoms with Crippen LogP contribution in [0.25, 0.3) is 0 Å². The number of piperidine rings is 1. The lowest BCUT2D eigenvalue weighted by Crippen LogP contribution is -2.44. The summed E-state index contributed by atoms with van der Waals surface area (Å²) < 4.78 is 27.4. The number of carbonyl (C=O) groups excluding carboxylic acids is 1. The lowest BCUT2D eigenvalue weighted by molar-refractivity contribution is -0.125. The van der Waals surface area contributed by atoms with Crippen molar-refractivity contribution in [2.75, 3.05) is 13.1 Å². The Morgan fingerprint density at radius 2 is 1.90 bits per heavy atom. The van der Waals surface area contributed by atoms with E-state index in [0.29, 0.717) is 10.9 Å². The molecule has 116 valence electrons. The second-order valence-corrected chi connectivity index (χ2v) is 8.49. The Bertz CT molecular complexity index is 655. The van der Waals surface area contributed by atoms with Crippen LogP contribution in [0, 0.1) is 5.92 Å². The van der Waals surface area contributed by atoms with Crippen LogP contribution in [0.15, 0.2) is 21.5 Å². The molecule has 1 aromatic rings. The maximum Gasteiger partial charge on any atom is 0.246 e. The summed E-state index contributed by atoms with van der Waals surface area (Å²) in [6.45, 7) is 2.22. The van der Waals surface area contributed by atoms with E-state index in [9.17, 15) is 13.2 Å². The van der Waals surface area contributed by atoms with Gasteiger partial charge in [-0.05, 0) is 18.6 Å². The highest BCUT2D eigenvalue weighted by molar-refractivity contribution is 9.10. The highest BCUT2D eigenvalue weighted by atomic mass is 79.9. The maximum absolute atomic E-state index is 12.7. The van der Waals surface area contributed by atoms with E-state index in [-0.39, 0.29) is 46.2 Å². The van der Waals surface area contributed by atoms with E-state index in [0.717, 1.165) is 0 Å². The number of halogens is 3. The van der Waals surface area contributed by atoms with Crippen LogP contribution < -0.4 is 0 Å². The van der Waals surface area contributed by atoms with Gasteiger partial charge in [0.1, 0.15) is 10.7 Å². The number of nitrogens with zero attached hydrogens (tertiary/aromatic N) is 1. The van der Waals surface area contributed by atoms with Gasteiger partial charge in [-0.25, -0.2) is 8.42 Å². The maximum atomic E-state index is 12.7. The topological polar surface area (TPSA) is 54.5 Å². The fraction of sp³-hybridized carbons (Fsp3) is 0.462. The van der Waals surface area contributed by atoms with Crippen LogP contribution in [0.3, 0.4) is 0 Å². The molecule has 0 spiro atoms. The van der Waals surface area contributed by atoms with Gasteiger partial charge in [0.15, 0.2) is 0 Å². The molecule has 2 rings (SSSR count). The molecule has 0 aliphatic carbocycles. The molecular weight excluding hydrogens is 401 g/mol. The Labute approximate surface area is 142 Å². The molecule has 0 amide bonds. The Kier molecular flexibility index (Phi) is 5.36. The van der Waals surface area contributed by atoms with Gasteiger partial charge in [0.2, 0.25) is 10.0 Å². The third kappa shape index (κ3) is 3.45. The van der Waals surface area contributed by atoms with Crippen LogP contribution in [0.2, 0.25) is 10.0 Å². The molecule has 8 heteroatoms. The Hall–Kier alpha value is -0.140. The summed E-state index contributed by atoms with van der Waals surface area (Å²) >= 11 is 15.3. The highest BCUT2D eigenvalue weighted by Gasteiger charge is 2.35. The van der Waals surface area contributed by atoms with Crippen molar-refractivity contribution in [1.82, 2.24) is 4.31 Å². The zero-order valence-electron chi connectivity index (χ0n) is 11.3. The number of ketones is 1. The lowest BCUT2D eigenvalue weighted by Gasteiger charge is -2.31. The Morgan fingerprint density at radius 3 is 2.43 bits per heavy atom. The van der Waals surface area contributed by atoms with Crippen molar-refractivity contribution < 1.29 is 13.2 Å². The van der Waals surface area contributed by atoms with Crippen molar-refractivity contribution in [2.45, 2.75) is 24.7 Å². The molecule has 0 saturated carbocycles. The molecule has 21 heavy (non-hydrogen) atoms. The van der Waals surface area contributed by atoms with Gasteiger partial charge in [0.05, 0.1) is 10.0 Å². The Balaban J connectivity index is 2.41. The molecule has 1 aliphatic rings. The molecule has 0 bridgehead atoms. The standard InChI is InChI=1S/C13H14BrCl2NO3S/c1-2-8-7-17(4-3-12(8)18)21(19,20)13-10(15)5-9(14)6-11(13)16/h5-6,8H,2-4,7H2,1H3. The van der Waals surface area contributed by atoms with Gasteiger partial charge in [0, 0.05) is 29.9 Å². The average molecular weight is 415 g/mol. The smallest absolute Gasteiger partial charge is 0.246 e. The van der Waals surface area contributed by atoms with Crippen molar-refractivity contribution in [1.29, 1.82) is 0 Å². The van der Waals surface area contributed by atoms with E-state index in [1.807, 2.05) is 6.92 Å². The lowest BCUT2D eigenvalue weighted by atomic mass is 9.96. The highest BCUT2D eigenvalue weighted by Crippen LogP contribution is 2.35. The molecule has 1 aliphatic heterocycles. The number of hydrogen-bond acceptors (Lipinski definition) is 3. The largest absolute Gasteiger partial charge is 0.299 e. The van der Waals surface area contributed by atoms with Gasteiger partial charge >= 0.3 is 0 Å². The monoisotopic (exact) mass is 413 g/mol. The zero-order valence-corrected chi connectivity index (χ0v) is 15.2. The minimum atomic E-state index is -3.81. The summed E-state index contributed by atoms with van der Waals surface area (Å²) in [6.07, 6.45) is 0.843. The molecule has 1 fully saturated rings. The predicted octanol–water partition coefficient (Wildman–Crippen LogP) is 3.75. The van der Waals surface area contributed by atoms with E-state index < -0.39 is 10.0 Å². The first kappa shape index (κ1) is 17.2. The van der Waals surface area contributed by atoms with Crippen LogP contribution in [0.1, 0.15) is 19.8 Å². The van der Waals surface area contributed by atoms with Gasteiger partial charge in [0.25, 0.3) is 0 Å². The molecule has 4 nitrogen and oxygen atoms in total. The number of rotatable bonds is 3. The van der Waals surface area contributed by atoms with Crippen molar-refractivity contribution in [3.63, 3.8) is 0 Å². The molecule has 1 saturated heterocycles. The van der Waals surface area contributed by atoms with Crippen LogP contribution in [-0.2, 0) is 14.8 Å². The summed E-state index contributed by atoms with van der Waals surface area (Å²) in [7, 11) is -3.81. The third-order valence-corrected chi connectivity index (χ3v) is 6.79. The molecule has 0 N–H and O–H groups in total. The van der Waals surface area contributed by atoms with E-state index in [1.54, 1.807) is 0 Å². The van der Waals surface area contributed by atoms with Gasteiger partial charge in [-0.15, -0.1) is 0 Å². The van der Waals surface area contributed by atoms with Crippen LogP contribution >= 0.6 is 39.1 Å². The third-order valence-electron chi connectivity index (χ3n) is 3.54. The summed E-state index contributed by atoms with van der Waals surface area (Å²) in [4.78, 5) is 11.6. The molecular formula is C13H14BrCl2NO3S. The van der Waals surface area contributed by atoms with Crippen molar-refractivity contribution in [3.8, 4) is 0 Å². The zero-order chi connectivity index (χ0) is 15.8. The first-order valence-electron chi connectivity index (χ1n) is 6.44. The van der Waals surface area contributed by atoms with Gasteiger partial charge < -0.3 is 0 Å². The molecule has 1 aromatic carbocycles. The van der Waals surface area contributed by atoms with Crippen LogP contribution in [0.4, 0.5) is 0 Å². The SMILES string of the molecule is CCC1CN(S(=O)(=O)c2c(Cl)cc(Br)cc2Cl)CCC1=O. The van der Waals surface area contributed by atoms with E-state index in [2.05, 4.69) is 15.9 Å². The van der Waals surface area contributed by atoms with E-state index >= 15 is 0 Å². The van der Waals surface area contributed by atoms with Gasteiger partial charge in [-0.3, -0.25) is 4.79 Å². The molecule has 0 aromatic heterocycles. The predicted molar refractivity (Wildman–Crippen MR) is 86.3 cm³/mol. The number of Topliss-reactive ketones (excluding diaryl/α,β-unsaturated/α-hetero) is 1. The number of carbonyl (C=O) groups is 1.